The maximum absolute atomic E-state index is 10.1. The zero-order valence-corrected chi connectivity index (χ0v) is 18.5. The molecule has 4 heterocycles. The minimum atomic E-state index is 0.249. The molecular formula is C25H25N7. The minimum absolute atomic E-state index is 0.249. The summed E-state index contributed by atoms with van der Waals surface area (Å²) in [5, 5.41) is 15.0. The number of nitriles is 1. The summed E-state index contributed by atoms with van der Waals surface area (Å²) in [4.78, 5) is 13.7. The molecule has 1 aliphatic heterocycles. The van der Waals surface area contributed by atoms with Gasteiger partial charge in [0.2, 0.25) is 0 Å². The van der Waals surface area contributed by atoms with Gasteiger partial charge in [0.05, 0.1) is 6.17 Å². The van der Waals surface area contributed by atoms with Gasteiger partial charge in [0.25, 0.3) is 0 Å². The molecule has 0 saturated carbocycles. The maximum atomic E-state index is 10.1. The van der Waals surface area contributed by atoms with Crippen molar-refractivity contribution in [1.82, 2.24) is 24.5 Å². The van der Waals surface area contributed by atoms with E-state index in [9.17, 15) is 5.26 Å². The van der Waals surface area contributed by atoms with Crippen molar-refractivity contribution >= 4 is 11.5 Å². The molecule has 160 valence electrons. The molecule has 1 fully saturated rings. The van der Waals surface area contributed by atoms with Crippen LogP contribution in [0.3, 0.4) is 0 Å². The summed E-state index contributed by atoms with van der Waals surface area (Å²) in [6.45, 7) is 2.94. The van der Waals surface area contributed by atoms with Crippen molar-refractivity contribution in [1.29, 1.82) is 5.26 Å². The standard InChI is InChI=1S/C25H25N7/c1-17-20(15-26)24-28-23(19-11-7-13-27-16-19)29-32(24)25(22(17)18-9-5-4-6-10-18)31-14-8-12-21(31)30(2)3/h4-7,9-11,13,16,21H,8,12,14H2,1-3H3. The predicted molar refractivity (Wildman–Crippen MR) is 125 cm³/mol. The molecule has 0 N–H and O–H groups in total. The topological polar surface area (TPSA) is 73.3 Å². The fraction of sp³-hybridized carbons (Fsp3) is 0.280. The highest BCUT2D eigenvalue weighted by molar-refractivity contribution is 5.85. The highest BCUT2D eigenvalue weighted by Gasteiger charge is 2.33. The number of hydrogen-bond acceptors (Lipinski definition) is 6. The van der Waals surface area contributed by atoms with Gasteiger partial charge in [0.1, 0.15) is 17.5 Å². The highest BCUT2D eigenvalue weighted by Crippen LogP contribution is 2.40. The molecule has 1 saturated heterocycles. The third-order valence-corrected chi connectivity index (χ3v) is 6.19. The third kappa shape index (κ3) is 3.20. The molecule has 0 amide bonds. The number of nitrogens with zero attached hydrogens (tertiary/aromatic N) is 7. The Hall–Kier alpha value is -3.76. The van der Waals surface area contributed by atoms with Crippen LogP contribution in [0.1, 0.15) is 24.0 Å². The quantitative estimate of drug-likeness (QED) is 0.491. The average molecular weight is 424 g/mol. The smallest absolute Gasteiger partial charge is 0.183 e. The molecule has 0 bridgehead atoms. The summed E-state index contributed by atoms with van der Waals surface area (Å²) in [6.07, 6.45) is 5.91. The Morgan fingerprint density at radius 1 is 1.09 bits per heavy atom. The zero-order chi connectivity index (χ0) is 22.2. The molecule has 3 aromatic heterocycles. The Labute approximate surface area is 187 Å². The Bertz CT molecular complexity index is 1300. The summed E-state index contributed by atoms with van der Waals surface area (Å²) in [6, 6.07) is 16.5. The third-order valence-electron chi connectivity index (χ3n) is 6.19. The van der Waals surface area contributed by atoms with Crippen LogP contribution in [0.15, 0.2) is 54.9 Å². The summed E-state index contributed by atoms with van der Waals surface area (Å²) in [5.41, 5.74) is 5.00. The van der Waals surface area contributed by atoms with Crippen molar-refractivity contribution in [3.05, 3.63) is 66.0 Å². The van der Waals surface area contributed by atoms with E-state index in [4.69, 9.17) is 10.1 Å². The molecule has 32 heavy (non-hydrogen) atoms. The van der Waals surface area contributed by atoms with Crippen molar-refractivity contribution in [3.63, 3.8) is 0 Å². The van der Waals surface area contributed by atoms with Crippen LogP contribution in [0.25, 0.3) is 28.2 Å². The van der Waals surface area contributed by atoms with E-state index >= 15 is 0 Å². The van der Waals surface area contributed by atoms with Crippen LogP contribution in [0, 0.1) is 18.3 Å². The van der Waals surface area contributed by atoms with Crippen molar-refractivity contribution < 1.29 is 0 Å². The van der Waals surface area contributed by atoms with Gasteiger partial charge in [-0.3, -0.25) is 9.88 Å². The van der Waals surface area contributed by atoms with Crippen LogP contribution in [-0.4, -0.2) is 51.3 Å². The van der Waals surface area contributed by atoms with Crippen LogP contribution in [-0.2, 0) is 0 Å². The van der Waals surface area contributed by atoms with Gasteiger partial charge in [0.15, 0.2) is 11.5 Å². The Kier molecular flexibility index (Phi) is 5.08. The highest BCUT2D eigenvalue weighted by atomic mass is 15.4. The monoisotopic (exact) mass is 423 g/mol. The predicted octanol–water partition coefficient (Wildman–Crippen LogP) is 4.13. The van der Waals surface area contributed by atoms with E-state index in [1.165, 1.54) is 0 Å². The van der Waals surface area contributed by atoms with Crippen LogP contribution in [0.4, 0.5) is 5.82 Å². The molecule has 1 aliphatic rings. The van der Waals surface area contributed by atoms with Crippen molar-refractivity contribution in [2.75, 3.05) is 25.5 Å². The van der Waals surface area contributed by atoms with Crippen molar-refractivity contribution in [2.24, 2.45) is 0 Å². The van der Waals surface area contributed by atoms with E-state index in [1.54, 1.807) is 12.4 Å². The normalized spacial score (nSPS) is 16.1. The van der Waals surface area contributed by atoms with E-state index in [0.717, 1.165) is 47.5 Å². The van der Waals surface area contributed by atoms with E-state index in [0.29, 0.717) is 17.0 Å². The largest absolute Gasteiger partial charge is 0.340 e. The Balaban J connectivity index is 1.87. The van der Waals surface area contributed by atoms with E-state index in [-0.39, 0.29) is 6.17 Å². The summed E-state index contributed by atoms with van der Waals surface area (Å²) in [5.74, 6) is 1.56. The summed E-state index contributed by atoms with van der Waals surface area (Å²) in [7, 11) is 4.22. The SMILES string of the molecule is Cc1c(-c2ccccc2)c(N2CCCC2N(C)C)n2nc(-c3cccnc3)nc2c1C#N. The summed E-state index contributed by atoms with van der Waals surface area (Å²) < 4.78 is 1.87. The van der Waals surface area contributed by atoms with Crippen molar-refractivity contribution in [3.8, 4) is 28.6 Å². The van der Waals surface area contributed by atoms with Crippen LogP contribution < -0.4 is 4.90 Å². The molecule has 0 radical (unpaired) electrons. The molecular weight excluding hydrogens is 398 g/mol. The molecule has 5 rings (SSSR count). The molecule has 1 atom stereocenters. The van der Waals surface area contributed by atoms with E-state index < -0.39 is 0 Å². The number of rotatable bonds is 4. The van der Waals surface area contributed by atoms with Crippen LogP contribution >= 0.6 is 0 Å². The number of pyridine rings is 2. The van der Waals surface area contributed by atoms with Gasteiger partial charge in [-0.05, 0) is 57.1 Å². The van der Waals surface area contributed by atoms with Crippen molar-refractivity contribution in [2.45, 2.75) is 25.9 Å². The maximum Gasteiger partial charge on any atom is 0.183 e. The molecule has 1 aromatic carbocycles. The molecule has 7 heteroatoms. The van der Waals surface area contributed by atoms with Gasteiger partial charge < -0.3 is 4.90 Å². The van der Waals surface area contributed by atoms with Gasteiger partial charge >= 0.3 is 0 Å². The average Bonchev–Trinajstić information content (AvgIpc) is 3.47. The fourth-order valence-electron chi connectivity index (χ4n) is 4.69. The lowest BCUT2D eigenvalue weighted by Crippen LogP contribution is -2.41. The van der Waals surface area contributed by atoms with Crippen LogP contribution in [0.2, 0.25) is 0 Å². The first-order valence-corrected chi connectivity index (χ1v) is 10.8. The Morgan fingerprint density at radius 2 is 1.88 bits per heavy atom. The van der Waals surface area contributed by atoms with Crippen LogP contribution in [0.5, 0.6) is 0 Å². The lowest BCUT2D eigenvalue weighted by atomic mass is 9.97. The molecule has 0 aliphatic carbocycles. The Morgan fingerprint density at radius 3 is 2.56 bits per heavy atom. The number of hydrogen-bond donors (Lipinski definition) is 0. The second kappa shape index (κ2) is 8.06. The first-order valence-electron chi connectivity index (χ1n) is 10.8. The number of aromatic nitrogens is 4. The summed E-state index contributed by atoms with van der Waals surface area (Å²) >= 11 is 0. The first-order chi connectivity index (χ1) is 15.6. The van der Waals surface area contributed by atoms with E-state index in [2.05, 4.69) is 47.1 Å². The minimum Gasteiger partial charge on any atom is -0.340 e. The van der Waals surface area contributed by atoms with E-state index in [1.807, 2.05) is 41.8 Å². The molecule has 0 spiro atoms. The number of anilines is 1. The molecule has 4 aromatic rings. The van der Waals surface area contributed by atoms with Gasteiger partial charge in [-0.15, -0.1) is 5.10 Å². The number of benzene rings is 1. The van der Waals surface area contributed by atoms with Gasteiger partial charge in [-0.2, -0.15) is 9.78 Å². The second-order valence-electron chi connectivity index (χ2n) is 8.37. The second-order valence-corrected chi connectivity index (χ2v) is 8.37. The lowest BCUT2D eigenvalue weighted by Gasteiger charge is -2.33. The fourth-order valence-corrected chi connectivity index (χ4v) is 4.69. The lowest BCUT2D eigenvalue weighted by molar-refractivity contribution is 0.299. The number of fused-ring (bicyclic) bond motifs is 1. The molecule has 1 unspecified atom stereocenters. The van der Waals surface area contributed by atoms with Gasteiger partial charge in [0, 0.05) is 30.1 Å². The van der Waals surface area contributed by atoms with Gasteiger partial charge in [-0.25, -0.2) is 4.98 Å². The first kappa shape index (κ1) is 20.2. The molecule has 7 nitrogen and oxygen atoms in total. The zero-order valence-electron chi connectivity index (χ0n) is 18.5. The van der Waals surface area contributed by atoms with Gasteiger partial charge in [-0.1, -0.05) is 30.3 Å².